The van der Waals surface area contributed by atoms with E-state index in [1.165, 1.54) is 12.1 Å². The van der Waals surface area contributed by atoms with Crippen LogP contribution in [0.15, 0.2) is 136 Å². The summed E-state index contributed by atoms with van der Waals surface area (Å²) in [6.45, 7) is 3.43. The Hall–Kier alpha value is -6.46. The van der Waals surface area contributed by atoms with Crippen LogP contribution >= 0.6 is 55.1 Å². The Morgan fingerprint density at radius 3 is 1.48 bits per heavy atom. The second-order valence-corrected chi connectivity index (χ2v) is 17.4. The van der Waals surface area contributed by atoms with Crippen LogP contribution in [0.5, 0.6) is 0 Å². The molecular formula is C47H40Br2Cl2N10O4. The van der Waals surface area contributed by atoms with Crippen molar-refractivity contribution >= 4 is 113 Å². The lowest BCUT2D eigenvalue weighted by molar-refractivity contribution is 0.101. The highest BCUT2D eigenvalue weighted by Crippen LogP contribution is 2.25. The average molecular weight is 1040 g/mol. The van der Waals surface area contributed by atoms with E-state index in [2.05, 4.69) is 73.0 Å². The fourth-order valence-corrected chi connectivity index (χ4v) is 7.61. The van der Waals surface area contributed by atoms with Crippen LogP contribution < -0.4 is 21.3 Å². The summed E-state index contributed by atoms with van der Waals surface area (Å²) in [5.41, 5.74) is 3.72. The van der Waals surface area contributed by atoms with Crippen molar-refractivity contribution in [1.82, 2.24) is 19.8 Å². The molecule has 0 bridgehead atoms. The van der Waals surface area contributed by atoms with E-state index in [4.69, 9.17) is 28.6 Å². The minimum absolute atomic E-state index is 0.216. The number of carbonyl (C=O) groups excluding carboxylic acids is 4. The van der Waals surface area contributed by atoms with E-state index >= 15 is 0 Å². The van der Waals surface area contributed by atoms with Crippen LogP contribution in [0.3, 0.4) is 0 Å². The van der Waals surface area contributed by atoms with Crippen molar-refractivity contribution in [3.8, 4) is 0 Å². The fourth-order valence-electron chi connectivity index (χ4n) is 6.80. The normalized spacial score (nSPS) is 13.0. The van der Waals surface area contributed by atoms with E-state index in [-0.39, 0.29) is 22.9 Å². The number of nitrogens with zero attached hydrogens (tertiary/aromatic N) is 5. The Morgan fingerprint density at radius 1 is 0.585 bits per heavy atom. The molecule has 2 aliphatic heterocycles. The quantitative estimate of drug-likeness (QED) is 0.0663. The second-order valence-electron chi connectivity index (χ2n) is 14.7. The highest BCUT2D eigenvalue weighted by atomic mass is 79.9. The molecule has 4 aromatic carbocycles. The van der Waals surface area contributed by atoms with Crippen LogP contribution in [0.2, 0.25) is 10.0 Å². The Balaban J connectivity index is 0.000000194. The minimum Gasteiger partial charge on any atom is -0.358 e. The lowest BCUT2D eigenvalue weighted by atomic mass is 10.1. The Bertz CT molecular complexity index is 2770. The van der Waals surface area contributed by atoms with Crippen molar-refractivity contribution in [2.24, 2.45) is 4.99 Å². The van der Waals surface area contributed by atoms with Crippen LogP contribution in [0.1, 0.15) is 65.4 Å². The number of anilines is 4. The van der Waals surface area contributed by atoms with Crippen LogP contribution in [0.4, 0.5) is 23.0 Å². The first-order valence-corrected chi connectivity index (χ1v) is 22.5. The number of hydrogen-bond donors (Lipinski definition) is 5. The Labute approximate surface area is 401 Å². The average Bonchev–Trinajstić information content (AvgIpc) is 4.02. The SMILES string of the molecule is CN1CCN=C1c1ccc(C(=O)Nc2ccc(Cl)cc2C(=O)Nc2ccc(Br)cn2)cc1.N=C(c1ccc(C(=O)Nc2ccc(Cl)cc2C(=O)Nc2ccc(Br)cn2)cc1)N1CCCC1. The third-order valence-corrected chi connectivity index (χ3v) is 11.6. The zero-order valence-electron chi connectivity index (χ0n) is 34.7. The molecule has 18 heteroatoms. The Morgan fingerprint density at radius 2 is 1.05 bits per heavy atom. The van der Waals surface area contributed by atoms with Gasteiger partial charge in [-0.3, -0.25) is 29.6 Å². The monoisotopic (exact) mass is 1040 g/mol. The number of halogens is 4. The highest BCUT2D eigenvalue weighted by molar-refractivity contribution is 9.10. The molecule has 2 aliphatic rings. The number of likely N-dealkylation sites (N-methyl/N-ethyl adjacent to an activating group) is 1. The van der Waals surface area contributed by atoms with Gasteiger partial charge in [0.05, 0.1) is 29.0 Å². The van der Waals surface area contributed by atoms with E-state index in [1.54, 1.807) is 97.3 Å². The first kappa shape index (κ1) is 46.5. The van der Waals surface area contributed by atoms with Gasteiger partial charge in [-0.2, -0.15) is 0 Å². The van der Waals surface area contributed by atoms with Crippen molar-refractivity contribution in [3.63, 3.8) is 0 Å². The van der Waals surface area contributed by atoms with Gasteiger partial charge in [-0.15, -0.1) is 0 Å². The predicted molar refractivity (Wildman–Crippen MR) is 263 cm³/mol. The van der Waals surface area contributed by atoms with E-state index in [0.717, 1.165) is 64.9 Å². The highest BCUT2D eigenvalue weighted by Gasteiger charge is 2.21. The van der Waals surface area contributed by atoms with Gasteiger partial charge in [-0.1, -0.05) is 47.5 Å². The van der Waals surface area contributed by atoms with Crippen molar-refractivity contribution in [2.45, 2.75) is 12.8 Å². The molecule has 0 unspecified atom stereocenters. The molecule has 6 aromatic rings. The number of hydrogen-bond acceptors (Lipinski definition) is 9. The van der Waals surface area contributed by atoms with Gasteiger partial charge in [0.15, 0.2) is 0 Å². The predicted octanol–water partition coefficient (Wildman–Crippen LogP) is 10.1. The molecule has 0 radical (unpaired) electrons. The molecule has 0 atom stereocenters. The van der Waals surface area contributed by atoms with Gasteiger partial charge in [0, 0.05) is 80.3 Å². The van der Waals surface area contributed by atoms with E-state index in [9.17, 15) is 19.2 Å². The zero-order valence-corrected chi connectivity index (χ0v) is 39.4. The number of aliphatic imine (C=N–C) groups is 1. The third kappa shape index (κ3) is 12.2. The first-order valence-electron chi connectivity index (χ1n) is 20.2. The van der Waals surface area contributed by atoms with Gasteiger partial charge in [-0.05, 0) is 130 Å². The number of likely N-dealkylation sites (tertiary alicyclic amines) is 1. The summed E-state index contributed by atoms with van der Waals surface area (Å²) in [6, 6.07) is 30.3. The van der Waals surface area contributed by atoms with Crippen LogP contribution in [-0.4, -0.2) is 88.3 Å². The molecular weight excluding hydrogens is 999 g/mol. The number of pyridine rings is 2. The lowest BCUT2D eigenvalue weighted by Gasteiger charge is -2.18. The molecule has 1 saturated heterocycles. The molecule has 5 N–H and O–H groups in total. The second kappa shape index (κ2) is 21.5. The first-order chi connectivity index (χ1) is 31.3. The zero-order chi connectivity index (χ0) is 46.0. The van der Waals surface area contributed by atoms with Crippen LogP contribution in [-0.2, 0) is 0 Å². The standard InChI is InChI=1S/C24H21BrClN5O2.C23H19BrClN5O2/c25-17-7-10-21(28-14-17)30-24(33)19-13-18(26)8-9-20(19)29-23(32)16-5-3-15(4-6-16)22(27)31-11-1-2-12-31;1-30-11-10-26-21(30)14-2-4-15(5-3-14)22(31)28-19-8-7-17(25)12-18(19)23(32)29-20-9-6-16(24)13-27-20/h3-10,13-14,27H,1-2,11-12H2,(H,29,32)(H,28,30,33);2-9,12-13H,10-11H2,1H3,(H,28,31)(H,27,29,32). The van der Waals surface area contributed by atoms with Crippen molar-refractivity contribution in [2.75, 3.05) is 54.5 Å². The molecule has 2 aromatic heterocycles. The molecule has 8 rings (SSSR count). The number of nitrogens with one attached hydrogen (secondary N) is 5. The van der Waals surface area contributed by atoms with Gasteiger partial charge in [0.2, 0.25) is 0 Å². The maximum Gasteiger partial charge on any atom is 0.258 e. The summed E-state index contributed by atoms with van der Waals surface area (Å²) in [4.78, 5) is 68.2. The maximum absolute atomic E-state index is 12.8. The number of rotatable bonds is 10. The largest absolute Gasteiger partial charge is 0.358 e. The Kier molecular flexibility index (Phi) is 15.4. The third-order valence-electron chi connectivity index (χ3n) is 10.2. The van der Waals surface area contributed by atoms with Crippen molar-refractivity contribution in [1.29, 1.82) is 5.41 Å². The maximum atomic E-state index is 12.8. The molecule has 0 spiro atoms. The number of amides is 4. The molecule has 330 valence electrons. The molecule has 0 saturated carbocycles. The summed E-state index contributed by atoms with van der Waals surface area (Å²) < 4.78 is 1.58. The van der Waals surface area contributed by atoms with Crippen LogP contribution in [0, 0.1) is 5.41 Å². The molecule has 0 aliphatic carbocycles. The summed E-state index contributed by atoms with van der Waals surface area (Å²) in [6.07, 6.45) is 5.34. The van der Waals surface area contributed by atoms with Gasteiger partial charge in [0.25, 0.3) is 23.6 Å². The van der Waals surface area contributed by atoms with Gasteiger partial charge in [0.1, 0.15) is 23.3 Å². The number of carbonyl (C=O) groups is 4. The smallest absolute Gasteiger partial charge is 0.258 e. The summed E-state index contributed by atoms with van der Waals surface area (Å²) in [5, 5.41) is 20.1. The van der Waals surface area contributed by atoms with Gasteiger partial charge in [-0.25, -0.2) is 9.97 Å². The van der Waals surface area contributed by atoms with Gasteiger partial charge < -0.3 is 31.1 Å². The van der Waals surface area contributed by atoms with E-state index in [1.807, 2.05) is 24.1 Å². The van der Waals surface area contributed by atoms with Crippen molar-refractivity contribution in [3.05, 3.63) is 174 Å². The van der Waals surface area contributed by atoms with E-state index < -0.39 is 11.8 Å². The van der Waals surface area contributed by atoms with E-state index in [0.29, 0.717) is 50.0 Å². The van der Waals surface area contributed by atoms with Gasteiger partial charge >= 0.3 is 0 Å². The summed E-state index contributed by atoms with van der Waals surface area (Å²) in [5.74, 6) is 0.547. The molecule has 14 nitrogen and oxygen atoms in total. The minimum atomic E-state index is -0.447. The van der Waals surface area contributed by atoms with Crippen molar-refractivity contribution < 1.29 is 19.2 Å². The number of aromatic nitrogens is 2. The lowest BCUT2D eigenvalue weighted by Crippen LogP contribution is -2.27. The summed E-state index contributed by atoms with van der Waals surface area (Å²) >= 11 is 18.8. The number of amidine groups is 2. The molecule has 1 fully saturated rings. The molecule has 4 heterocycles. The molecule has 65 heavy (non-hydrogen) atoms. The summed E-state index contributed by atoms with van der Waals surface area (Å²) in [7, 11) is 1.99. The molecule has 4 amide bonds. The number of benzene rings is 4. The van der Waals surface area contributed by atoms with Crippen LogP contribution in [0.25, 0.3) is 0 Å². The fraction of sp³-hybridized carbons (Fsp3) is 0.149. The topological polar surface area (TPSA) is 185 Å².